The molecule has 23 heavy (non-hydrogen) atoms. The van der Waals surface area contributed by atoms with Crippen molar-refractivity contribution in [3.05, 3.63) is 34.3 Å². The number of hydrogen-bond acceptors (Lipinski definition) is 2. The Balaban J connectivity index is 1.65. The lowest BCUT2D eigenvalue weighted by molar-refractivity contribution is 0.235. The molecule has 0 bridgehead atoms. The van der Waals surface area contributed by atoms with Crippen LogP contribution in [0.15, 0.2) is 28.7 Å². The molecule has 1 aliphatic rings. The van der Waals surface area contributed by atoms with Crippen LogP contribution in [-0.4, -0.2) is 43.2 Å². The summed E-state index contributed by atoms with van der Waals surface area (Å²) in [4.78, 5) is 14.5. The lowest BCUT2D eigenvalue weighted by Crippen LogP contribution is -2.43. The summed E-state index contributed by atoms with van der Waals surface area (Å²) < 4.78 is 1.08. The maximum absolute atomic E-state index is 12.0. The number of benzene rings is 1. The molecule has 2 amide bonds. The molecule has 1 aromatic rings. The standard InChI is InChI=1S/C18H28BrN3O/c1-3-9-22-10-8-16(13-22)12-20-18(23)21-14(2)11-15-4-6-17(19)7-5-15/h4-7,14,16H,3,8-13H2,1-2H3,(H2,20,21,23)/t14-,16+/m1/s1. The molecule has 1 fully saturated rings. The Bertz CT molecular complexity index is 492. The average Bonchev–Trinajstić information content (AvgIpc) is 2.95. The lowest BCUT2D eigenvalue weighted by Gasteiger charge is -2.17. The van der Waals surface area contributed by atoms with Gasteiger partial charge in [-0.05, 0) is 62.9 Å². The van der Waals surface area contributed by atoms with E-state index >= 15 is 0 Å². The first-order valence-electron chi connectivity index (χ1n) is 8.58. The van der Waals surface area contributed by atoms with Gasteiger partial charge in [0, 0.05) is 23.6 Å². The number of carbonyl (C=O) groups excluding carboxylic acids is 1. The number of amides is 2. The quantitative estimate of drug-likeness (QED) is 0.759. The van der Waals surface area contributed by atoms with Gasteiger partial charge in [-0.15, -0.1) is 0 Å². The number of hydrogen-bond donors (Lipinski definition) is 2. The van der Waals surface area contributed by atoms with Gasteiger partial charge in [-0.3, -0.25) is 0 Å². The molecule has 5 heteroatoms. The summed E-state index contributed by atoms with van der Waals surface area (Å²) in [5.41, 5.74) is 1.23. The molecule has 128 valence electrons. The van der Waals surface area contributed by atoms with Gasteiger partial charge in [0.1, 0.15) is 0 Å². The van der Waals surface area contributed by atoms with Gasteiger partial charge in [-0.2, -0.15) is 0 Å². The number of carbonyl (C=O) groups is 1. The minimum absolute atomic E-state index is 0.0523. The third-order valence-corrected chi connectivity index (χ3v) is 4.82. The van der Waals surface area contributed by atoms with E-state index in [1.165, 1.54) is 31.5 Å². The first kappa shape index (κ1) is 18.3. The summed E-state index contributed by atoms with van der Waals surface area (Å²) in [6.45, 7) is 8.49. The van der Waals surface area contributed by atoms with Gasteiger partial charge in [0.2, 0.25) is 0 Å². The van der Waals surface area contributed by atoms with Crippen LogP contribution in [0.25, 0.3) is 0 Å². The Hall–Kier alpha value is -1.07. The van der Waals surface area contributed by atoms with Gasteiger partial charge in [0.05, 0.1) is 0 Å². The molecule has 0 aromatic heterocycles. The molecule has 4 nitrogen and oxygen atoms in total. The van der Waals surface area contributed by atoms with Crippen LogP contribution in [0.5, 0.6) is 0 Å². The van der Waals surface area contributed by atoms with E-state index in [2.05, 4.69) is 50.5 Å². The first-order chi connectivity index (χ1) is 11.1. The van der Waals surface area contributed by atoms with Crippen molar-refractivity contribution in [2.45, 2.75) is 39.2 Å². The molecular weight excluding hydrogens is 354 g/mol. The second-order valence-electron chi connectivity index (χ2n) is 6.54. The number of rotatable bonds is 7. The van der Waals surface area contributed by atoms with Gasteiger partial charge in [-0.1, -0.05) is 35.0 Å². The highest BCUT2D eigenvalue weighted by Crippen LogP contribution is 2.15. The van der Waals surface area contributed by atoms with Crippen LogP contribution in [0.3, 0.4) is 0 Å². The molecule has 1 aliphatic heterocycles. The van der Waals surface area contributed by atoms with Gasteiger partial charge >= 0.3 is 6.03 Å². The second kappa shape index (κ2) is 9.28. The molecule has 0 spiro atoms. The van der Waals surface area contributed by atoms with E-state index in [0.29, 0.717) is 5.92 Å². The molecule has 2 N–H and O–H groups in total. The normalized spacial score (nSPS) is 19.5. The zero-order valence-electron chi connectivity index (χ0n) is 14.1. The summed E-state index contributed by atoms with van der Waals surface area (Å²) in [6.07, 6.45) is 3.23. The van der Waals surface area contributed by atoms with Crippen molar-refractivity contribution in [1.82, 2.24) is 15.5 Å². The smallest absolute Gasteiger partial charge is 0.315 e. The van der Waals surface area contributed by atoms with E-state index < -0.39 is 0 Å². The maximum atomic E-state index is 12.0. The van der Waals surface area contributed by atoms with Crippen LogP contribution >= 0.6 is 15.9 Å². The summed E-state index contributed by atoms with van der Waals surface area (Å²) in [6, 6.07) is 8.30. The predicted molar refractivity (Wildman–Crippen MR) is 98.7 cm³/mol. The number of nitrogens with zero attached hydrogens (tertiary/aromatic N) is 1. The molecule has 1 heterocycles. The number of urea groups is 1. The van der Waals surface area contributed by atoms with Crippen molar-refractivity contribution in [2.75, 3.05) is 26.2 Å². The van der Waals surface area contributed by atoms with E-state index in [-0.39, 0.29) is 12.1 Å². The van der Waals surface area contributed by atoms with E-state index in [9.17, 15) is 4.79 Å². The maximum Gasteiger partial charge on any atom is 0.315 e. The summed E-state index contributed by atoms with van der Waals surface area (Å²) in [5, 5.41) is 6.06. The first-order valence-corrected chi connectivity index (χ1v) is 9.37. The highest BCUT2D eigenvalue weighted by Gasteiger charge is 2.22. The minimum Gasteiger partial charge on any atom is -0.338 e. The van der Waals surface area contributed by atoms with Crippen LogP contribution in [0.1, 0.15) is 32.3 Å². The van der Waals surface area contributed by atoms with E-state index in [1.807, 2.05) is 19.1 Å². The largest absolute Gasteiger partial charge is 0.338 e. The number of nitrogens with one attached hydrogen (secondary N) is 2. The third-order valence-electron chi connectivity index (χ3n) is 4.29. The van der Waals surface area contributed by atoms with Crippen molar-refractivity contribution in [3.63, 3.8) is 0 Å². The van der Waals surface area contributed by atoms with Crippen LogP contribution in [0.4, 0.5) is 4.79 Å². The molecule has 1 saturated heterocycles. The second-order valence-corrected chi connectivity index (χ2v) is 7.46. The van der Waals surface area contributed by atoms with Crippen molar-refractivity contribution in [3.8, 4) is 0 Å². The summed E-state index contributed by atoms with van der Waals surface area (Å²) in [7, 11) is 0. The van der Waals surface area contributed by atoms with Gasteiger partial charge in [-0.25, -0.2) is 4.79 Å². The van der Waals surface area contributed by atoms with E-state index in [1.54, 1.807) is 0 Å². The topological polar surface area (TPSA) is 44.4 Å². The summed E-state index contributed by atoms with van der Waals surface area (Å²) in [5.74, 6) is 0.592. The molecule has 0 saturated carbocycles. The van der Waals surface area contributed by atoms with Gasteiger partial charge in [0.25, 0.3) is 0 Å². The van der Waals surface area contributed by atoms with Gasteiger partial charge in [0.15, 0.2) is 0 Å². The highest BCUT2D eigenvalue weighted by atomic mass is 79.9. The SMILES string of the molecule is CCCN1CC[C@@H](CNC(=O)N[C@H](C)Cc2ccc(Br)cc2)C1. The summed E-state index contributed by atoms with van der Waals surface area (Å²) >= 11 is 3.44. The van der Waals surface area contributed by atoms with Crippen molar-refractivity contribution >= 4 is 22.0 Å². The molecule has 0 radical (unpaired) electrons. The van der Waals surface area contributed by atoms with E-state index in [4.69, 9.17) is 0 Å². The zero-order chi connectivity index (χ0) is 16.7. The molecule has 2 rings (SSSR count). The molecule has 1 aromatic carbocycles. The van der Waals surface area contributed by atoms with E-state index in [0.717, 1.165) is 24.0 Å². The Morgan fingerprint density at radius 3 is 2.83 bits per heavy atom. The fourth-order valence-corrected chi connectivity index (χ4v) is 3.40. The Labute approximate surface area is 148 Å². The molecule has 0 unspecified atom stereocenters. The van der Waals surface area contributed by atoms with Crippen LogP contribution in [-0.2, 0) is 6.42 Å². The van der Waals surface area contributed by atoms with Crippen molar-refractivity contribution < 1.29 is 4.79 Å². The Morgan fingerprint density at radius 1 is 1.39 bits per heavy atom. The number of halogens is 1. The van der Waals surface area contributed by atoms with Crippen molar-refractivity contribution in [2.24, 2.45) is 5.92 Å². The zero-order valence-corrected chi connectivity index (χ0v) is 15.7. The van der Waals surface area contributed by atoms with Crippen molar-refractivity contribution in [1.29, 1.82) is 0 Å². The van der Waals surface area contributed by atoms with Crippen LogP contribution < -0.4 is 10.6 Å². The minimum atomic E-state index is -0.0523. The van der Waals surface area contributed by atoms with Crippen LogP contribution in [0, 0.1) is 5.92 Å². The van der Waals surface area contributed by atoms with Gasteiger partial charge < -0.3 is 15.5 Å². The lowest BCUT2D eigenvalue weighted by atomic mass is 10.1. The van der Waals surface area contributed by atoms with Crippen LogP contribution in [0.2, 0.25) is 0 Å². The molecule has 0 aliphatic carbocycles. The Morgan fingerprint density at radius 2 is 2.13 bits per heavy atom. The molecule has 2 atom stereocenters. The average molecular weight is 382 g/mol. The Kier molecular flexibility index (Phi) is 7.37. The highest BCUT2D eigenvalue weighted by molar-refractivity contribution is 9.10. The fraction of sp³-hybridized carbons (Fsp3) is 0.611. The third kappa shape index (κ3) is 6.51. The predicted octanol–water partition coefficient (Wildman–Crippen LogP) is 3.41. The molecular formula is C18H28BrN3O. The fourth-order valence-electron chi connectivity index (χ4n) is 3.14. The number of likely N-dealkylation sites (tertiary alicyclic amines) is 1. The monoisotopic (exact) mass is 381 g/mol.